The van der Waals surface area contributed by atoms with Crippen LogP contribution in [-0.4, -0.2) is 52.5 Å². The lowest BCUT2D eigenvalue weighted by atomic mass is 10.1. The van der Waals surface area contributed by atoms with Crippen LogP contribution in [0.5, 0.6) is 0 Å². The third-order valence-corrected chi connectivity index (χ3v) is 4.32. The van der Waals surface area contributed by atoms with Gasteiger partial charge in [0.1, 0.15) is 0 Å². The van der Waals surface area contributed by atoms with Gasteiger partial charge in [-0.3, -0.25) is 4.79 Å². The zero-order valence-electron chi connectivity index (χ0n) is 13.3. The average Bonchev–Trinajstić information content (AvgIpc) is 3.14. The molecule has 1 aliphatic heterocycles. The number of rotatable bonds is 4. The summed E-state index contributed by atoms with van der Waals surface area (Å²) in [6.07, 6.45) is 1.02. The molecular weight excluding hydrogens is 314 g/mol. The van der Waals surface area contributed by atoms with Crippen molar-refractivity contribution in [3.63, 3.8) is 0 Å². The second-order valence-corrected chi connectivity index (χ2v) is 6.30. The standard InChI is InChI=1S/C16H20ClN5O/c1-11-15(16(23)21-7-6-12(10-21)9-18-2)20-22(19-11)14-5-3-4-13(17)8-14/h3-5,8,12,18H,6-7,9-10H2,1-2H3/t12-/m1/s1. The van der Waals surface area contributed by atoms with Gasteiger partial charge in [-0.2, -0.15) is 9.90 Å². The van der Waals surface area contributed by atoms with Gasteiger partial charge >= 0.3 is 0 Å². The maximum Gasteiger partial charge on any atom is 0.276 e. The Bertz CT molecular complexity index is 714. The molecule has 1 aromatic heterocycles. The molecule has 1 aromatic carbocycles. The van der Waals surface area contributed by atoms with E-state index in [0.29, 0.717) is 22.3 Å². The van der Waals surface area contributed by atoms with Crippen LogP contribution >= 0.6 is 11.6 Å². The van der Waals surface area contributed by atoms with E-state index in [4.69, 9.17) is 11.6 Å². The Hall–Kier alpha value is -1.92. The van der Waals surface area contributed by atoms with E-state index < -0.39 is 0 Å². The highest BCUT2D eigenvalue weighted by atomic mass is 35.5. The molecule has 1 aliphatic rings. The molecule has 0 radical (unpaired) electrons. The van der Waals surface area contributed by atoms with Crippen molar-refractivity contribution in [2.45, 2.75) is 13.3 Å². The molecule has 1 fully saturated rings. The van der Waals surface area contributed by atoms with Gasteiger partial charge in [-0.25, -0.2) is 0 Å². The summed E-state index contributed by atoms with van der Waals surface area (Å²) >= 11 is 6.00. The molecule has 1 atom stereocenters. The largest absolute Gasteiger partial charge is 0.337 e. The summed E-state index contributed by atoms with van der Waals surface area (Å²) < 4.78 is 0. The first-order valence-corrected chi connectivity index (χ1v) is 8.10. The minimum absolute atomic E-state index is 0.0469. The maximum atomic E-state index is 12.7. The lowest BCUT2D eigenvalue weighted by Crippen LogP contribution is -2.31. The number of nitrogens with zero attached hydrogens (tertiary/aromatic N) is 4. The molecule has 7 heteroatoms. The molecule has 0 aliphatic carbocycles. The van der Waals surface area contributed by atoms with Crippen molar-refractivity contribution >= 4 is 17.5 Å². The molecule has 1 amide bonds. The van der Waals surface area contributed by atoms with Gasteiger partial charge in [0.05, 0.1) is 11.4 Å². The fraction of sp³-hybridized carbons (Fsp3) is 0.438. The molecule has 1 N–H and O–H groups in total. The van der Waals surface area contributed by atoms with Crippen LogP contribution in [0, 0.1) is 12.8 Å². The van der Waals surface area contributed by atoms with Gasteiger partial charge in [0.25, 0.3) is 5.91 Å². The molecule has 122 valence electrons. The predicted octanol–water partition coefficient (Wildman–Crippen LogP) is 1.91. The number of carbonyl (C=O) groups excluding carboxylic acids is 1. The second kappa shape index (κ2) is 6.68. The first kappa shape index (κ1) is 16.0. The summed E-state index contributed by atoms with van der Waals surface area (Å²) in [5.74, 6) is 0.460. The predicted molar refractivity (Wildman–Crippen MR) is 89.0 cm³/mol. The van der Waals surface area contributed by atoms with E-state index in [1.165, 1.54) is 4.80 Å². The number of nitrogens with one attached hydrogen (secondary N) is 1. The van der Waals surface area contributed by atoms with Gasteiger partial charge in [-0.1, -0.05) is 17.7 Å². The van der Waals surface area contributed by atoms with Crippen molar-refractivity contribution in [2.75, 3.05) is 26.7 Å². The molecule has 2 aromatic rings. The van der Waals surface area contributed by atoms with Crippen molar-refractivity contribution in [3.05, 3.63) is 40.7 Å². The van der Waals surface area contributed by atoms with Crippen molar-refractivity contribution in [2.24, 2.45) is 5.92 Å². The number of amides is 1. The van der Waals surface area contributed by atoms with Gasteiger partial charge in [0, 0.05) is 18.1 Å². The van der Waals surface area contributed by atoms with E-state index in [-0.39, 0.29) is 5.91 Å². The highest BCUT2D eigenvalue weighted by Gasteiger charge is 2.29. The van der Waals surface area contributed by atoms with Gasteiger partial charge in [-0.05, 0) is 51.1 Å². The number of hydrogen-bond donors (Lipinski definition) is 1. The summed E-state index contributed by atoms with van der Waals surface area (Å²) in [5, 5.41) is 12.5. The number of carbonyl (C=O) groups is 1. The first-order valence-electron chi connectivity index (χ1n) is 7.72. The molecule has 0 unspecified atom stereocenters. The smallest absolute Gasteiger partial charge is 0.276 e. The van der Waals surface area contributed by atoms with Crippen LogP contribution in [0.3, 0.4) is 0 Å². The number of aromatic nitrogens is 3. The SMILES string of the molecule is CNC[C@H]1CCN(C(=O)c2nn(-c3cccc(Cl)c3)nc2C)C1. The monoisotopic (exact) mass is 333 g/mol. The average molecular weight is 334 g/mol. The maximum absolute atomic E-state index is 12.7. The van der Waals surface area contributed by atoms with Gasteiger partial charge < -0.3 is 10.2 Å². The number of aryl methyl sites for hydroxylation is 1. The normalized spacial score (nSPS) is 17.7. The van der Waals surface area contributed by atoms with Crippen LogP contribution in [0.2, 0.25) is 5.02 Å². The third kappa shape index (κ3) is 3.38. The van der Waals surface area contributed by atoms with Crippen molar-refractivity contribution < 1.29 is 4.79 Å². The molecule has 1 saturated heterocycles. The Morgan fingerprint density at radius 2 is 2.26 bits per heavy atom. The zero-order valence-corrected chi connectivity index (χ0v) is 14.0. The highest BCUT2D eigenvalue weighted by molar-refractivity contribution is 6.30. The minimum Gasteiger partial charge on any atom is -0.337 e. The van der Waals surface area contributed by atoms with Crippen LogP contribution in [0.15, 0.2) is 24.3 Å². The summed E-state index contributed by atoms with van der Waals surface area (Å²) in [7, 11) is 1.94. The lowest BCUT2D eigenvalue weighted by molar-refractivity contribution is 0.0780. The summed E-state index contributed by atoms with van der Waals surface area (Å²) in [5.41, 5.74) is 1.79. The molecule has 2 heterocycles. The van der Waals surface area contributed by atoms with Crippen molar-refractivity contribution in [1.82, 2.24) is 25.2 Å². The molecule has 23 heavy (non-hydrogen) atoms. The van der Waals surface area contributed by atoms with Crippen molar-refractivity contribution in [1.29, 1.82) is 0 Å². The summed E-state index contributed by atoms with van der Waals surface area (Å²) in [6, 6.07) is 7.26. The molecule has 6 nitrogen and oxygen atoms in total. The molecule has 0 bridgehead atoms. The van der Waals surface area contributed by atoms with E-state index in [2.05, 4.69) is 15.5 Å². The fourth-order valence-corrected chi connectivity index (χ4v) is 3.10. The van der Waals surface area contributed by atoms with E-state index in [1.807, 2.05) is 31.0 Å². The van der Waals surface area contributed by atoms with E-state index >= 15 is 0 Å². The molecule has 0 spiro atoms. The van der Waals surface area contributed by atoms with E-state index in [0.717, 1.165) is 31.7 Å². The van der Waals surface area contributed by atoms with Crippen LogP contribution in [0.25, 0.3) is 5.69 Å². The Labute approximate surface area is 140 Å². The van der Waals surface area contributed by atoms with E-state index in [9.17, 15) is 4.79 Å². The third-order valence-electron chi connectivity index (χ3n) is 4.09. The quantitative estimate of drug-likeness (QED) is 0.928. The number of likely N-dealkylation sites (tertiary alicyclic amines) is 1. The minimum atomic E-state index is -0.0469. The topological polar surface area (TPSA) is 63.1 Å². The Morgan fingerprint density at radius 3 is 3.00 bits per heavy atom. The molecule has 0 saturated carbocycles. The number of benzene rings is 1. The van der Waals surface area contributed by atoms with Gasteiger partial charge in [0.2, 0.25) is 0 Å². The zero-order chi connectivity index (χ0) is 16.4. The molecule has 3 rings (SSSR count). The molecular formula is C16H20ClN5O. The van der Waals surface area contributed by atoms with Crippen LogP contribution in [-0.2, 0) is 0 Å². The second-order valence-electron chi connectivity index (χ2n) is 5.87. The number of halogens is 1. The Morgan fingerprint density at radius 1 is 1.43 bits per heavy atom. The number of hydrogen-bond acceptors (Lipinski definition) is 4. The first-order chi connectivity index (χ1) is 11.1. The van der Waals surface area contributed by atoms with Crippen LogP contribution in [0.1, 0.15) is 22.6 Å². The van der Waals surface area contributed by atoms with Crippen LogP contribution in [0.4, 0.5) is 0 Å². The lowest BCUT2D eigenvalue weighted by Gasteiger charge is -2.15. The van der Waals surface area contributed by atoms with E-state index in [1.54, 1.807) is 12.1 Å². The fourth-order valence-electron chi connectivity index (χ4n) is 2.91. The Kier molecular flexibility index (Phi) is 4.63. The van der Waals surface area contributed by atoms with Gasteiger partial charge in [0.15, 0.2) is 5.69 Å². The summed E-state index contributed by atoms with van der Waals surface area (Å²) in [6.45, 7) is 4.28. The van der Waals surface area contributed by atoms with Crippen molar-refractivity contribution in [3.8, 4) is 5.69 Å². The Balaban J connectivity index is 1.80. The highest BCUT2D eigenvalue weighted by Crippen LogP contribution is 2.19. The van der Waals surface area contributed by atoms with Gasteiger partial charge in [-0.15, -0.1) is 5.10 Å². The summed E-state index contributed by atoms with van der Waals surface area (Å²) in [4.78, 5) is 16.0. The van der Waals surface area contributed by atoms with Crippen LogP contribution < -0.4 is 5.32 Å².